The normalized spacial score (nSPS) is 10.3. The Bertz CT molecular complexity index is 928. The van der Waals surface area contributed by atoms with Crippen LogP contribution in [0, 0.1) is 0 Å². The molecule has 0 saturated carbocycles. The predicted octanol–water partition coefficient (Wildman–Crippen LogP) is 3.80. The van der Waals surface area contributed by atoms with Crippen LogP contribution in [0.4, 0.5) is 0 Å². The molecule has 0 spiro atoms. The molecule has 0 saturated heterocycles. The highest BCUT2D eigenvalue weighted by molar-refractivity contribution is 5.90. The SMILES string of the molecule is COC(=O)c1cc(OCCOc2ccc(O)cc2)cc(OCCOc2ccc(O)cc2)c1. The van der Waals surface area contributed by atoms with Crippen LogP contribution in [0.1, 0.15) is 10.4 Å². The fraction of sp³-hybridized carbons (Fsp3) is 0.208. The molecule has 3 aromatic rings. The Morgan fingerprint density at radius 2 is 1.00 bits per heavy atom. The van der Waals surface area contributed by atoms with Crippen LogP contribution >= 0.6 is 0 Å². The van der Waals surface area contributed by atoms with Gasteiger partial charge in [0.2, 0.25) is 0 Å². The number of methoxy groups -OCH3 is 1. The third kappa shape index (κ3) is 7.02. The molecule has 8 nitrogen and oxygen atoms in total. The zero-order chi connectivity index (χ0) is 22.8. The van der Waals surface area contributed by atoms with Crippen LogP contribution < -0.4 is 18.9 Å². The molecule has 0 unspecified atom stereocenters. The number of benzene rings is 3. The molecule has 0 aliphatic carbocycles. The molecule has 32 heavy (non-hydrogen) atoms. The Morgan fingerprint density at radius 3 is 1.38 bits per heavy atom. The second-order valence-electron chi connectivity index (χ2n) is 6.57. The van der Waals surface area contributed by atoms with Gasteiger partial charge in [-0.3, -0.25) is 0 Å². The third-order valence-corrected chi connectivity index (χ3v) is 4.22. The van der Waals surface area contributed by atoms with Crippen LogP contribution in [0.25, 0.3) is 0 Å². The smallest absolute Gasteiger partial charge is 0.338 e. The van der Waals surface area contributed by atoms with E-state index in [1.165, 1.54) is 31.4 Å². The molecular weight excluding hydrogens is 416 g/mol. The Labute approximate surface area is 185 Å². The highest BCUT2D eigenvalue weighted by Gasteiger charge is 2.11. The second-order valence-corrected chi connectivity index (χ2v) is 6.57. The van der Waals surface area contributed by atoms with Gasteiger partial charge in [-0.25, -0.2) is 4.79 Å². The Hall–Kier alpha value is -4.07. The van der Waals surface area contributed by atoms with E-state index < -0.39 is 5.97 Å². The molecule has 0 bridgehead atoms. The lowest BCUT2D eigenvalue weighted by Gasteiger charge is -2.13. The molecule has 3 aromatic carbocycles. The van der Waals surface area contributed by atoms with Gasteiger partial charge in [0.25, 0.3) is 0 Å². The standard InChI is InChI=1S/C24H24O8/c1-28-24(27)17-14-22(31-12-10-29-20-6-2-18(25)3-7-20)16-23(15-17)32-13-11-30-21-8-4-19(26)5-9-21/h2-9,14-16,25-26H,10-13H2,1H3. The van der Waals surface area contributed by atoms with E-state index in [0.717, 1.165) is 0 Å². The maximum absolute atomic E-state index is 12.0. The van der Waals surface area contributed by atoms with Gasteiger partial charge >= 0.3 is 5.97 Å². The number of rotatable bonds is 11. The number of esters is 1. The maximum atomic E-state index is 12.0. The number of phenols is 2. The minimum Gasteiger partial charge on any atom is -0.508 e. The molecule has 0 aromatic heterocycles. The molecule has 3 rings (SSSR count). The summed E-state index contributed by atoms with van der Waals surface area (Å²) < 4.78 is 27.3. The van der Waals surface area contributed by atoms with Crippen molar-refractivity contribution in [1.29, 1.82) is 0 Å². The topological polar surface area (TPSA) is 104 Å². The first-order valence-corrected chi connectivity index (χ1v) is 9.86. The van der Waals surface area contributed by atoms with Crippen molar-refractivity contribution in [3.63, 3.8) is 0 Å². The summed E-state index contributed by atoms with van der Waals surface area (Å²) in [6.45, 7) is 0.998. The number of ether oxygens (including phenoxy) is 5. The van der Waals surface area contributed by atoms with Crippen molar-refractivity contribution < 1.29 is 38.7 Å². The summed E-state index contributed by atoms with van der Waals surface area (Å²) in [6, 6.07) is 17.5. The molecule has 168 valence electrons. The monoisotopic (exact) mass is 440 g/mol. The summed E-state index contributed by atoms with van der Waals surface area (Å²) in [7, 11) is 1.30. The molecule has 0 amide bonds. The minimum atomic E-state index is -0.513. The Balaban J connectivity index is 1.53. The number of carbonyl (C=O) groups is 1. The van der Waals surface area contributed by atoms with E-state index >= 15 is 0 Å². The number of hydrogen-bond donors (Lipinski definition) is 2. The highest BCUT2D eigenvalue weighted by atomic mass is 16.5. The van der Waals surface area contributed by atoms with Crippen LogP contribution in [0.15, 0.2) is 66.7 Å². The van der Waals surface area contributed by atoms with Crippen LogP contribution in [0.3, 0.4) is 0 Å². The molecule has 0 aliphatic heterocycles. The van der Waals surface area contributed by atoms with E-state index in [1.807, 2.05) is 0 Å². The highest BCUT2D eigenvalue weighted by Crippen LogP contribution is 2.24. The lowest BCUT2D eigenvalue weighted by atomic mass is 10.2. The molecule has 2 N–H and O–H groups in total. The lowest BCUT2D eigenvalue weighted by Crippen LogP contribution is -2.11. The van der Waals surface area contributed by atoms with E-state index in [-0.39, 0.29) is 37.9 Å². The minimum absolute atomic E-state index is 0.161. The van der Waals surface area contributed by atoms with Crippen LogP contribution in [0.5, 0.6) is 34.5 Å². The summed E-state index contributed by atoms with van der Waals surface area (Å²) >= 11 is 0. The van der Waals surface area contributed by atoms with Gasteiger partial charge in [0.15, 0.2) is 0 Å². The van der Waals surface area contributed by atoms with Crippen LogP contribution in [0.2, 0.25) is 0 Å². The van der Waals surface area contributed by atoms with Crippen molar-refractivity contribution in [2.75, 3.05) is 33.5 Å². The average Bonchev–Trinajstić information content (AvgIpc) is 2.81. The van der Waals surface area contributed by atoms with Gasteiger partial charge in [0.1, 0.15) is 60.9 Å². The number of carbonyl (C=O) groups excluding carboxylic acids is 1. The molecule has 0 atom stereocenters. The van der Waals surface area contributed by atoms with Crippen LogP contribution in [-0.2, 0) is 4.74 Å². The molecule has 8 heteroatoms. The number of hydrogen-bond acceptors (Lipinski definition) is 8. The summed E-state index contributed by atoms with van der Waals surface area (Å²) in [5, 5.41) is 18.6. The molecule has 0 aliphatic rings. The summed E-state index contributed by atoms with van der Waals surface area (Å²) in [6.07, 6.45) is 0. The Morgan fingerprint density at radius 1 is 0.625 bits per heavy atom. The first kappa shape index (κ1) is 22.6. The van der Waals surface area contributed by atoms with Crippen molar-refractivity contribution >= 4 is 5.97 Å². The van der Waals surface area contributed by atoms with Crippen molar-refractivity contribution in [3.05, 3.63) is 72.3 Å². The fourth-order valence-corrected chi connectivity index (χ4v) is 2.70. The number of phenolic OH excluding ortho intramolecular Hbond substituents is 2. The molecule has 0 heterocycles. The van der Waals surface area contributed by atoms with Crippen molar-refractivity contribution in [1.82, 2.24) is 0 Å². The zero-order valence-corrected chi connectivity index (χ0v) is 17.5. The third-order valence-electron chi connectivity index (χ3n) is 4.22. The molecule has 0 fully saturated rings. The summed E-state index contributed by atoms with van der Waals surface area (Å²) in [5.74, 6) is 1.87. The van der Waals surface area contributed by atoms with E-state index in [0.29, 0.717) is 28.6 Å². The van der Waals surface area contributed by atoms with E-state index in [9.17, 15) is 15.0 Å². The largest absolute Gasteiger partial charge is 0.508 e. The van der Waals surface area contributed by atoms with Gasteiger partial charge in [-0.2, -0.15) is 0 Å². The van der Waals surface area contributed by atoms with Gasteiger partial charge in [0, 0.05) is 6.07 Å². The quantitative estimate of drug-likeness (QED) is 0.343. The van der Waals surface area contributed by atoms with Gasteiger partial charge in [-0.05, 0) is 60.7 Å². The summed E-state index contributed by atoms with van der Waals surface area (Å²) in [4.78, 5) is 12.0. The predicted molar refractivity (Wildman–Crippen MR) is 116 cm³/mol. The van der Waals surface area contributed by atoms with Crippen LogP contribution in [-0.4, -0.2) is 49.7 Å². The first-order chi connectivity index (χ1) is 15.5. The van der Waals surface area contributed by atoms with E-state index in [4.69, 9.17) is 23.7 Å². The lowest BCUT2D eigenvalue weighted by molar-refractivity contribution is 0.0599. The zero-order valence-electron chi connectivity index (χ0n) is 17.5. The summed E-state index contributed by atoms with van der Waals surface area (Å²) in [5.41, 5.74) is 0.291. The maximum Gasteiger partial charge on any atom is 0.338 e. The van der Waals surface area contributed by atoms with Gasteiger partial charge < -0.3 is 33.9 Å². The van der Waals surface area contributed by atoms with Gasteiger partial charge in [0.05, 0.1) is 12.7 Å². The fourth-order valence-electron chi connectivity index (χ4n) is 2.70. The second kappa shape index (κ2) is 11.4. The number of aromatic hydroxyl groups is 2. The van der Waals surface area contributed by atoms with Crippen molar-refractivity contribution in [2.24, 2.45) is 0 Å². The first-order valence-electron chi connectivity index (χ1n) is 9.86. The van der Waals surface area contributed by atoms with Gasteiger partial charge in [-0.1, -0.05) is 0 Å². The van der Waals surface area contributed by atoms with Gasteiger partial charge in [-0.15, -0.1) is 0 Å². The average molecular weight is 440 g/mol. The van der Waals surface area contributed by atoms with Crippen molar-refractivity contribution in [3.8, 4) is 34.5 Å². The van der Waals surface area contributed by atoms with E-state index in [1.54, 1.807) is 42.5 Å². The molecule has 0 radical (unpaired) electrons. The Kier molecular flexibility index (Phi) is 8.02. The molecular formula is C24H24O8. The van der Waals surface area contributed by atoms with Crippen molar-refractivity contribution in [2.45, 2.75) is 0 Å². The van der Waals surface area contributed by atoms with E-state index in [2.05, 4.69) is 0 Å².